The third-order valence-corrected chi connectivity index (χ3v) is 4.47. The second kappa shape index (κ2) is 26.8. The minimum Gasteiger partial charge on any atom is -0.345 e. The first-order chi connectivity index (χ1) is 10.7. The van der Waals surface area contributed by atoms with Crippen LogP contribution >= 0.6 is 11.8 Å². The summed E-state index contributed by atoms with van der Waals surface area (Å²) >= 11 is 1.86. The molecule has 0 aromatic rings. The van der Waals surface area contributed by atoms with E-state index in [9.17, 15) is 4.79 Å². The van der Waals surface area contributed by atoms with Crippen molar-refractivity contribution in [3.63, 3.8) is 0 Å². The molecule has 1 heterocycles. The SMILES string of the molecule is C1CCCCC1.CC.CC.CC.CSC1CCC(=O)N(C)C1.[B]. The molecule has 0 spiro atoms. The molecule has 1 saturated heterocycles. The first kappa shape index (κ1) is 30.7. The number of hydrogen-bond acceptors (Lipinski definition) is 2. The van der Waals surface area contributed by atoms with Crippen LogP contribution in [0.1, 0.15) is 92.9 Å². The molecule has 2 aliphatic rings. The van der Waals surface area contributed by atoms with Crippen LogP contribution < -0.4 is 0 Å². The lowest BCUT2D eigenvalue weighted by Crippen LogP contribution is -2.38. The van der Waals surface area contributed by atoms with Crippen LogP contribution in [0.25, 0.3) is 0 Å². The zero-order valence-electron chi connectivity index (χ0n) is 17.3. The Kier molecular flexibility index (Phi) is 35.8. The summed E-state index contributed by atoms with van der Waals surface area (Å²) in [6.07, 6.45) is 12.9. The molecule has 0 bridgehead atoms. The number of amides is 1. The average Bonchev–Trinajstić information content (AvgIpc) is 2.64. The van der Waals surface area contributed by atoms with E-state index in [-0.39, 0.29) is 8.41 Å². The van der Waals surface area contributed by atoms with Gasteiger partial charge in [-0.2, -0.15) is 11.8 Å². The Balaban J connectivity index is -0.000000120. The lowest BCUT2D eigenvalue weighted by molar-refractivity contribution is -0.131. The number of thioether (sulfide) groups is 1. The monoisotopic (exact) mass is 344 g/mol. The van der Waals surface area contributed by atoms with Gasteiger partial charge in [-0.3, -0.25) is 4.79 Å². The van der Waals surface area contributed by atoms with E-state index in [1.54, 1.807) is 0 Å². The molecule has 0 aromatic heterocycles. The Morgan fingerprint density at radius 3 is 1.48 bits per heavy atom. The maximum Gasteiger partial charge on any atom is 0.222 e. The zero-order chi connectivity index (χ0) is 17.8. The number of likely N-dealkylation sites (tertiary alicyclic amines) is 1. The molecule has 1 saturated carbocycles. The first-order valence-corrected chi connectivity index (χ1v) is 10.8. The molecule has 2 fully saturated rings. The van der Waals surface area contributed by atoms with E-state index in [1.807, 2.05) is 65.3 Å². The summed E-state index contributed by atoms with van der Waals surface area (Å²) in [5, 5.41) is 0.669. The van der Waals surface area contributed by atoms with Crippen molar-refractivity contribution >= 4 is 26.1 Å². The third-order valence-electron chi connectivity index (χ3n) is 3.42. The normalized spacial score (nSPS) is 18.9. The van der Waals surface area contributed by atoms with E-state index in [1.165, 1.54) is 38.5 Å². The number of rotatable bonds is 1. The van der Waals surface area contributed by atoms with Gasteiger partial charge in [-0.1, -0.05) is 80.1 Å². The van der Waals surface area contributed by atoms with E-state index >= 15 is 0 Å². The number of nitrogens with zero attached hydrogens (tertiary/aromatic N) is 1. The number of carbonyl (C=O) groups is 1. The summed E-state index contributed by atoms with van der Waals surface area (Å²) in [6, 6.07) is 0. The quantitative estimate of drug-likeness (QED) is 0.543. The van der Waals surface area contributed by atoms with Crippen molar-refractivity contribution in [2.45, 2.75) is 98.2 Å². The van der Waals surface area contributed by atoms with Gasteiger partial charge in [0.05, 0.1) is 0 Å². The van der Waals surface area contributed by atoms with Gasteiger partial charge in [0, 0.05) is 33.7 Å². The Morgan fingerprint density at radius 1 is 0.870 bits per heavy atom. The van der Waals surface area contributed by atoms with Crippen molar-refractivity contribution in [2.24, 2.45) is 0 Å². The molecule has 1 atom stereocenters. The molecule has 1 aliphatic carbocycles. The topological polar surface area (TPSA) is 20.3 Å². The molecule has 4 heteroatoms. The largest absolute Gasteiger partial charge is 0.345 e. The molecule has 139 valence electrons. The van der Waals surface area contributed by atoms with Crippen molar-refractivity contribution in [2.75, 3.05) is 19.8 Å². The minimum atomic E-state index is 0. The first-order valence-electron chi connectivity index (χ1n) is 9.51. The van der Waals surface area contributed by atoms with Crippen LogP contribution in [0.5, 0.6) is 0 Å². The van der Waals surface area contributed by atoms with Gasteiger partial charge in [0.25, 0.3) is 0 Å². The molecular formula is C19H43BNOS. The second-order valence-corrected chi connectivity index (χ2v) is 5.93. The standard InChI is InChI=1S/C7H13NOS.C6H12.3C2H6.B/c1-8-5-6(10-2)3-4-7(8)9;1-2-4-6-5-3-1;3*1-2;/h6H,3-5H2,1-2H3;1-6H2;3*1-2H3;. The highest BCUT2D eigenvalue weighted by Crippen LogP contribution is 2.19. The fourth-order valence-electron chi connectivity index (χ4n) is 2.23. The van der Waals surface area contributed by atoms with E-state index in [0.717, 1.165) is 19.4 Å². The van der Waals surface area contributed by atoms with Crippen molar-refractivity contribution < 1.29 is 4.79 Å². The Bertz CT molecular complexity index is 200. The predicted octanol–water partition coefficient (Wildman–Crippen LogP) is 6.01. The van der Waals surface area contributed by atoms with Crippen LogP contribution in [-0.4, -0.2) is 44.3 Å². The van der Waals surface area contributed by atoms with Crippen LogP contribution in [0.4, 0.5) is 0 Å². The molecule has 0 N–H and O–H groups in total. The summed E-state index contributed by atoms with van der Waals surface area (Å²) < 4.78 is 0. The van der Waals surface area contributed by atoms with Gasteiger partial charge in [-0.25, -0.2) is 0 Å². The van der Waals surface area contributed by atoms with Crippen LogP contribution in [0.3, 0.4) is 0 Å². The summed E-state index contributed by atoms with van der Waals surface area (Å²) in [5.41, 5.74) is 0. The van der Waals surface area contributed by atoms with Gasteiger partial charge in [0.15, 0.2) is 0 Å². The molecule has 2 rings (SSSR count). The fourth-order valence-corrected chi connectivity index (χ4v) is 2.95. The van der Waals surface area contributed by atoms with Gasteiger partial charge in [-0.15, -0.1) is 0 Å². The van der Waals surface area contributed by atoms with Gasteiger partial charge >= 0.3 is 0 Å². The molecular weight excluding hydrogens is 301 g/mol. The Hall–Kier alpha value is -0.115. The fraction of sp³-hybridized carbons (Fsp3) is 0.947. The molecule has 1 unspecified atom stereocenters. The maximum absolute atomic E-state index is 11.0. The summed E-state index contributed by atoms with van der Waals surface area (Å²) in [4.78, 5) is 12.8. The molecule has 3 radical (unpaired) electrons. The third kappa shape index (κ3) is 19.8. The Morgan fingerprint density at radius 2 is 1.22 bits per heavy atom. The van der Waals surface area contributed by atoms with Gasteiger partial charge < -0.3 is 4.90 Å². The van der Waals surface area contributed by atoms with Crippen molar-refractivity contribution in [3.8, 4) is 0 Å². The second-order valence-electron chi connectivity index (χ2n) is 4.79. The smallest absolute Gasteiger partial charge is 0.222 e. The highest BCUT2D eigenvalue weighted by Gasteiger charge is 2.21. The summed E-state index contributed by atoms with van der Waals surface area (Å²) in [5.74, 6) is 0.297. The van der Waals surface area contributed by atoms with Gasteiger partial charge in [0.2, 0.25) is 5.91 Å². The molecule has 2 nitrogen and oxygen atoms in total. The van der Waals surface area contributed by atoms with Crippen molar-refractivity contribution in [3.05, 3.63) is 0 Å². The van der Waals surface area contributed by atoms with Gasteiger partial charge in [0.1, 0.15) is 0 Å². The van der Waals surface area contributed by atoms with Gasteiger partial charge in [-0.05, 0) is 12.7 Å². The van der Waals surface area contributed by atoms with E-state index in [0.29, 0.717) is 11.2 Å². The lowest BCUT2D eigenvalue weighted by Gasteiger charge is -2.28. The summed E-state index contributed by atoms with van der Waals surface area (Å²) in [6.45, 7) is 12.9. The van der Waals surface area contributed by atoms with Crippen molar-refractivity contribution in [1.29, 1.82) is 0 Å². The highest BCUT2D eigenvalue weighted by molar-refractivity contribution is 7.99. The summed E-state index contributed by atoms with van der Waals surface area (Å²) in [7, 11) is 1.88. The zero-order valence-corrected chi connectivity index (χ0v) is 18.1. The molecule has 1 amide bonds. The van der Waals surface area contributed by atoms with Crippen LogP contribution in [0.2, 0.25) is 0 Å². The number of hydrogen-bond donors (Lipinski definition) is 0. The van der Waals surface area contributed by atoms with E-state index in [2.05, 4.69) is 6.26 Å². The van der Waals surface area contributed by atoms with Crippen molar-refractivity contribution in [1.82, 2.24) is 4.90 Å². The molecule has 1 aliphatic heterocycles. The molecule has 23 heavy (non-hydrogen) atoms. The average molecular weight is 344 g/mol. The van der Waals surface area contributed by atoms with Crippen LogP contribution in [0, 0.1) is 0 Å². The Labute approximate surface area is 154 Å². The minimum absolute atomic E-state index is 0. The predicted molar refractivity (Wildman–Crippen MR) is 112 cm³/mol. The van der Waals surface area contributed by atoms with E-state index in [4.69, 9.17) is 0 Å². The van der Waals surface area contributed by atoms with Crippen LogP contribution in [-0.2, 0) is 4.79 Å². The number of carbonyl (C=O) groups excluding carboxylic acids is 1. The van der Waals surface area contributed by atoms with E-state index < -0.39 is 0 Å². The highest BCUT2D eigenvalue weighted by atomic mass is 32.2. The van der Waals surface area contributed by atoms with Crippen LogP contribution in [0.15, 0.2) is 0 Å². The molecule has 0 aromatic carbocycles. The maximum atomic E-state index is 11.0. The number of piperidine rings is 1. The lowest BCUT2D eigenvalue weighted by atomic mass is 10.0.